The molecule has 1 aromatic carbocycles. The van der Waals surface area contributed by atoms with Gasteiger partial charge in [0.1, 0.15) is 0 Å². The zero-order valence-corrected chi connectivity index (χ0v) is 15.6. The number of benzene rings is 1. The lowest BCUT2D eigenvalue weighted by atomic mass is 9.67. The van der Waals surface area contributed by atoms with E-state index < -0.39 is 0 Å². The Morgan fingerprint density at radius 3 is 3.00 bits per heavy atom. The Kier molecular flexibility index (Phi) is 5.52. The van der Waals surface area contributed by atoms with E-state index in [1.54, 1.807) is 7.11 Å². The number of carbonyl (C=O) groups is 1. The van der Waals surface area contributed by atoms with Crippen molar-refractivity contribution in [3.8, 4) is 11.5 Å². The zero-order chi connectivity index (χ0) is 17.9. The summed E-state index contributed by atoms with van der Waals surface area (Å²) in [7, 11) is 1.64. The van der Waals surface area contributed by atoms with E-state index in [0.717, 1.165) is 43.7 Å². The molecule has 0 radical (unpaired) electrons. The van der Waals surface area contributed by atoms with Crippen molar-refractivity contribution in [1.29, 1.82) is 0 Å². The minimum absolute atomic E-state index is 0.0605. The second kappa shape index (κ2) is 7.65. The Hall–Kier alpha value is -1.75. The van der Waals surface area contributed by atoms with E-state index in [-0.39, 0.29) is 17.4 Å². The van der Waals surface area contributed by atoms with Gasteiger partial charge in [-0.15, -0.1) is 0 Å². The normalized spacial score (nSPS) is 26.6. The van der Waals surface area contributed by atoms with Gasteiger partial charge >= 0.3 is 0 Å². The number of fused-ring (bicyclic) bond motifs is 1. The van der Waals surface area contributed by atoms with Gasteiger partial charge in [0.05, 0.1) is 25.2 Å². The number of methoxy groups -OCH3 is 1. The van der Waals surface area contributed by atoms with E-state index in [0.29, 0.717) is 18.3 Å². The molecule has 25 heavy (non-hydrogen) atoms. The molecule has 1 heterocycles. The lowest BCUT2D eigenvalue weighted by molar-refractivity contribution is -0.134. The predicted octanol–water partition coefficient (Wildman–Crippen LogP) is 3.05. The first-order valence-electron chi connectivity index (χ1n) is 9.43. The molecule has 5 nitrogen and oxygen atoms in total. The van der Waals surface area contributed by atoms with Crippen LogP contribution in [-0.4, -0.2) is 32.7 Å². The van der Waals surface area contributed by atoms with Gasteiger partial charge in [-0.3, -0.25) is 4.79 Å². The SMILES string of the molecule is CCOc1ccc(C(C)NC(=O)[C@@]23CCCC[C@H]2CNC3)cc1OC. The smallest absolute Gasteiger partial charge is 0.228 e. The van der Waals surface area contributed by atoms with Crippen LogP contribution in [0, 0.1) is 11.3 Å². The molecule has 2 aliphatic rings. The largest absolute Gasteiger partial charge is 0.493 e. The quantitative estimate of drug-likeness (QED) is 0.831. The maximum Gasteiger partial charge on any atom is 0.228 e. The molecule has 1 unspecified atom stereocenters. The molecule has 1 saturated heterocycles. The van der Waals surface area contributed by atoms with Crippen molar-refractivity contribution in [3.05, 3.63) is 23.8 Å². The summed E-state index contributed by atoms with van der Waals surface area (Å²) in [6.45, 7) is 6.36. The molecule has 1 aliphatic heterocycles. The molecule has 0 bridgehead atoms. The number of carbonyl (C=O) groups excluding carboxylic acids is 1. The Morgan fingerprint density at radius 2 is 2.24 bits per heavy atom. The molecule has 2 N–H and O–H groups in total. The maximum atomic E-state index is 13.1. The van der Waals surface area contributed by atoms with Crippen LogP contribution in [0.5, 0.6) is 11.5 Å². The maximum absolute atomic E-state index is 13.1. The van der Waals surface area contributed by atoms with Gasteiger partial charge in [0, 0.05) is 6.54 Å². The Labute approximate surface area is 150 Å². The van der Waals surface area contributed by atoms with Gasteiger partial charge in [0.2, 0.25) is 5.91 Å². The summed E-state index contributed by atoms with van der Waals surface area (Å²) in [5.41, 5.74) is 0.811. The van der Waals surface area contributed by atoms with Crippen LogP contribution in [0.3, 0.4) is 0 Å². The van der Waals surface area contributed by atoms with Crippen LogP contribution in [0.15, 0.2) is 18.2 Å². The third-order valence-corrected chi connectivity index (χ3v) is 5.83. The molecular weight excluding hydrogens is 316 g/mol. The van der Waals surface area contributed by atoms with Gasteiger partial charge in [-0.05, 0) is 56.8 Å². The fourth-order valence-electron chi connectivity index (χ4n) is 4.34. The van der Waals surface area contributed by atoms with Crippen molar-refractivity contribution in [1.82, 2.24) is 10.6 Å². The van der Waals surface area contributed by atoms with E-state index in [2.05, 4.69) is 10.6 Å². The van der Waals surface area contributed by atoms with Gasteiger partial charge < -0.3 is 20.1 Å². The van der Waals surface area contributed by atoms with Crippen molar-refractivity contribution < 1.29 is 14.3 Å². The van der Waals surface area contributed by atoms with E-state index in [4.69, 9.17) is 9.47 Å². The first-order valence-corrected chi connectivity index (χ1v) is 9.43. The first-order chi connectivity index (χ1) is 12.1. The van der Waals surface area contributed by atoms with E-state index >= 15 is 0 Å². The van der Waals surface area contributed by atoms with Gasteiger partial charge in [-0.1, -0.05) is 18.9 Å². The summed E-state index contributed by atoms with van der Waals surface area (Å²) < 4.78 is 11.0. The number of amides is 1. The van der Waals surface area contributed by atoms with Crippen molar-refractivity contribution in [2.24, 2.45) is 11.3 Å². The van der Waals surface area contributed by atoms with Gasteiger partial charge in [-0.2, -0.15) is 0 Å². The second-order valence-electron chi connectivity index (χ2n) is 7.27. The molecule has 3 atom stereocenters. The Morgan fingerprint density at radius 1 is 1.40 bits per heavy atom. The highest BCUT2D eigenvalue weighted by Crippen LogP contribution is 2.44. The molecule has 0 aromatic heterocycles. The average Bonchev–Trinajstić information content (AvgIpc) is 3.07. The lowest BCUT2D eigenvalue weighted by Gasteiger charge is -2.38. The zero-order valence-electron chi connectivity index (χ0n) is 15.6. The summed E-state index contributed by atoms with van der Waals surface area (Å²) in [4.78, 5) is 13.1. The molecule has 1 saturated carbocycles. The first kappa shape index (κ1) is 18.1. The van der Waals surface area contributed by atoms with Crippen molar-refractivity contribution in [2.45, 2.75) is 45.6 Å². The minimum atomic E-state index is -0.220. The number of ether oxygens (including phenoxy) is 2. The Balaban J connectivity index is 1.73. The monoisotopic (exact) mass is 346 g/mol. The predicted molar refractivity (Wildman–Crippen MR) is 98.0 cm³/mol. The summed E-state index contributed by atoms with van der Waals surface area (Å²) in [6.07, 6.45) is 4.55. The van der Waals surface area contributed by atoms with Crippen LogP contribution in [0.25, 0.3) is 0 Å². The van der Waals surface area contributed by atoms with Crippen LogP contribution >= 0.6 is 0 Å². The molecule has 3 rings (SSSR count). The standard InChI is InChI=1S/C20H30N2O3/c1-4-25-17-9-8-15(11-18(17)24-3)14(2)22-19(23)20-10-6-5-7-16(20)12-21-13-20/h8-9,11,14,16,21H,4-7,10,12-13H2,1-3H3,(H,22,23)/t14?,16-,20+/m0/s1. The van der Waals surface area contributed by atoms with Crippen LogP contribution in [0.4, 0.5) is 0 Å². The lowest BCUT2D eigenvalue weighted by Crippen LogP contribution is -2.48. The van der Waals surface area contributed by atoms with Gasteiger partial charge in [0.15, 0.2) is 11.5 Å². The molecule has 5 heteroatoms. The third-order valence-electron chi connectivity index (χ3n) is 5.83. The minimum Gasteiger partial charge on any atom is -0.493 e. The number of rotatable bonds is 6. The molecule has 1 aliphatic carbocycles. The highest BCUT2D eigenvalue weighted by Gasteiger charge is 2.49. The van der Waals surface area contributed by atoms with Crippen molar-refractivity contribution in [2.75, 3.05) is 26.8 Å². The highest BCUT2D eigenvalue weighted by atomic mass is 16.5. The third kappa shape index (κ3) is 3.47. The van der Waals surface area contributed by atoms with Crippen LogP contribution in [0.1, 0.15) is 51.1 Å². The van der Waals surface area contributed by atoms with E-state index in [1.807, 2.05) is 32.0 Å². The van der Waals surface area contributed by atoms with Crippen LogP contribution in [-0.2, 0) is 4.79 Å². The summed E-state index contributed by atoms with van der Waals surface area (Å²) in [5, 5.41) is 6.70. The molecular formula is C20H30N2O3. The van der Waals surface area contributed by atoms with E-state index in [9.17, 15) is 4.79 Å². The number of hydrogen-bond acceptors (Lipinski definition) is 4. The highest BCUT2D eigenvalue weighted by molar-refractivity contribution is 5.84. The number of nitrogens with one attached hydrogen (secondary N) is 2. The summed E-state index contributed by atoms with van der Waals surface area (Å²) in [5.74, 6) is 2.11. The average molecular weight is 346 g/mol. The fraction of sp³-hybridized carbons (Fsp3) is 0.650. The van der Waals surface area contributed by atoms with E-state index in [1.165, 1.54) is 6.42 Å². The molecule has 1 amide bonds. The molecule has 138 valence electrons. The summed E-state index contributed by atoms with van der Waals surface area (Å²) in [6, 6.07) is 5.81. The molecule has 2 fully saturated rings. The van der Waals surface area contributed by atoms with Gasteiger partial charge in [0.25, 0.3) is 0 Å². The summed E-state index contributed by atoms with van der Waals surface area (Å²) >= 11 is 0. The van der Waals surface area contributed by atoms with Crippen LogP contribution in [0.2, 0.25) is 0 Å². The van der Waals surface area contributed by atoms with Crippen LogP contribution < -0.4 is 20.1 Å². The van der Waals surface area contributed by atoms with Gasteiger partial charge in [-0.25, -0.2) is 0 Å². The molecule has 1 aromatic rings. The molecule has 0 spiro atoms. The fourth-order valence-corrected chi connectivity index (χ4v) is 4.34. The second-order valence-corrected chi connectivity index (χ2v) is 7.27. The van der Waals surface area contributed by atoms with Crippen molar-refractivity contribution in [3.63, 3.8) is 0 Å². The topological polar surface area (TPSA) is 59.6 Å². The number of hydrogen-bond donors (Lipinski definition) is 2. The van der Waals surface area contributed by atoms with Crippen molar-refractivity contribution >= 4 is 5.91 Å². The Bertz CT molecular complexity index is 619.